The topological polar surface area (TPSA) is 35.2 Å². The fourth-order valence-electron chi connectivity index (χ4n) is 1.30. The van der Waals surface area contributed by atoms with Gasteiger partial charge in [-0.2, -0.15) is 0 Å². The normalized spacial score (nSPS) is 10.6. The van der Waals surface area contributed by atoms with Crippen LogP contribution in [-0.2, 0) is 0 Å². The van der Waals surface area contributed by atoms with Crippen molar-refractivity contribution in [3.8, 4) is 5.75 Å². The molecule has 1 aromatic carbocycles. The van der Waals surface area contributed by atoms with E-state index < -0.39 is 0 Å². The van der Waals surface area contributed by atoms with E-state index in [0.717, 1.165) is 22.4 Å². The van der Waals surface area contributed by atoms with Gasteiger partial charge in [0.05, 0.1) is 12.8 Å². The van der Waals surface area contributed by atoms with E-state index in [1.807, 2.05) is 38.1 Å². The van der Waals surface area contributed by atoms with Gasteiger partial charge in [0.15, 0.2) is 0 Å². The van der Waals surface area contributed by atoms with Crippen molar-refractivity contribution >= 4 is 11.8 Å². The Bertz CT molecular complexity index is 405. The lowest BCUT2D eigenvalue weighted by Crippen LogP contribution is -1.94. The third-order valence-electron chi connectivity index (χ3n) is 2.17. The maximum Gasteiger partial charge on any atom is 0.142 e. The van der Waals surface area contributed by atoms with E-state index in [4.69, 9.17) is 10.5 Å². The molecular formula is C13H17NO. The van der Waals surface area contributed by atoms with Gasteiger partial charge in [0, 0.05) is 0 Å². The second-order valence-corrected chi connectivity index (χ2v) is 3.63. The molecule has 0 aliphatic heterocycles. The SMILES string of the molecule is C=C(C)/C=C\c1cc(N)c(OC)cc1C. The fraction of sp³-hybridized carbons (Fsp3) is 0.231. The van der Waals surface area contributed by atoms with Crippen LogP contribution >= 0.6 is 0 Å². The third kappa shape index (κ3) is 2.88. The molecule has 1 aromatic rings. The first-order valence-corrected chi connectivity index (χ1v) is 4.82. The van der Waals surface area contributed by atoms with Crippen LogP contribution in [0.25, 0.3) is 6.08 Å². The molecule has 15 heavy (non-hydrogen) atoms. The van der Waals surface area contributed by atoms with E-state index in [1.165, 1.54) is 0 Å². The van der Waals surface area contributed by atoms with Crippen molar-refractivity contribution in [3.05, 3.63) is 41.5 Å². The van der Waals surface area contributed by atoms with Crippen LogP contribution in [0, 0.1) is 6.92 Å². The van der Waals surface area contributed by atoms with E-state index in [0.29, 0.717) is 5.69 Å². The Morgan fingerprint density at radius 2 is 2.13 bits per heavy atom. The van der Waals surface area contributed by atoms with Gasteiger partial charge in [-0.05, 0) is 37.1 Å². The summed E-state index contributed by atoms with van der Waals surface area (Å²) in [6.45, 7) is 7.80. The quantitative estimate of drug-likeness (QED) is 0.605. The van der Waals surface area contributed by atoms with Gasteiger partial charge in [0.1, 0.15) is 5.75 Å². The van der Waals surface area contributed by atoms with Gasteiger partial charge in [-0.15, -0.1) is 0 Å². The highest BCUT2D eigenvalue weighted by Crippen LogP contribution is 2.26. The lowest BCUT2D eigenvalue weighted by Gasteiger charge is -2.08. The Balaban J connectivity index is 3.10. The number of benzene rings is 1. The van der Waals surface area contributed by atoms with E-state index in [1.54, 1.807) is 7.11 Å². The summed E-state index contributed by atoms with van der Waals surface area (Å²) in [5, 5.41) is 0. The molecule has 0 spiro atoms. The Labute approximate surface area is 91.1 Å². The number of anilines is 1. The molecule has 0 unspecified atom stereocenters. The number of nitrogen functional groups attached to an aromatic ring is 1. The van der Waals surface area contributed by atoms with Crippen LogP contribution in [0.15, 0.2) is 30.4 Å². The summed E-state index contributed by atoms with van der Waals surface area (Å²) >= 11 is 0. The molecule has 1 rings (SSSR count). The Kier molecular flexibility index (Phi) is 3.56. The van der Waals surface area contributed by atoms with Crippen LogP contribution in [0.4, 0.5) is 5.69 Å². The lowest BCUT2D eigenvalue weighted by molar-refractivity contribution is 0.416. The summed E-state index contributed by atoms with van der Waals surface area (Å²) in [7, 11) is 1.62. The fourth-order valence-corrected chi connectivity index (χ4v) is 1.30. The first-order valence-electron chi connectivity index (χ1n) is 4.82. The van der Waals surface area contributed by atoms with Gasteiger partial charge in [-0.3, -0.25) is 0 Å². The summed E-state index contributed by atoms with van der Waals surface area (Å²) in [5.74, 6) is 0.722. The molecule has 0 amide bonds. The summed E-state index contributed by atoms with van der Waals surface area (Å²) in [6.07, 6.45) is 3.97. The molecule has 0 atom stereocenters. The highest BCUT2D eigenvalue weighted by atomic mass is 16.5. The van der Waals surface area contributed by atoms with Crippen molar-refractivity contribution in [2.24, 2.45) is 0 Å². The summed E-state index contributed by atoms with van der Waals surface area (Å²) < 4.78 is 5.14. The Morgan fingerprint density at radius 1 is 1.47 bits per heavy atom. The van der Waals surface area contributed by atoms with Crippen LogP contribution in [-0.4, -0.2) is 7.11 Å². The largest absolute Gasteiger partial charge is 0.495 e. The lowest BCUT2D eigenvalue weighted by atomic mass is 10.1. The molecule has 2 nitrogen and oxygen atoms in total. The Hall–Kier alpha value is -1.70. The monoisotopic (exact) mass is 203 g/mol. The van der Waals surface area contributed by atoms with Crippen LogP contribution in [0.1, 0.15) is 18.1 Å². The number of methoxy groups -OCH3 is 1. The van der Waals surface area contributed by atoms with Crippen molar-refractivity contribution in [2.45, 2.75) is 13.8 Å². The predicted molar refractivity (Wildman–Crippen MR) is 66.0 cm³/mol. The van der Waals surface area contributed by atoms with Gasteiger partial charge < -0.3 is 10.5 Å². The average molecular weight is 203 g/mol. The van der Waals surface area contributed by atoms with Crippen molar-refractivity contribution < 1.29 is 4.74 Å². The van der Waals surface area contributed by atoms with Crippen LogP contribution in [0.2, 0.25) is 0 Å². The minimum absolute atomic E-state index is 0.657. The highest BCUT2D eigenvalue weighted by molar-refractivity contribution is 5.66. The third-order valence-corrected chi connectivity index (χ3v) is 2.17. The number of rotatable bonds is 3. The molecule has 0 aromatic heterocycles. The molecule has 0 fully saturated rings. The van der Waals surface area contributed by atoms with Gasteiger partial charge >= 0.3 is 0 Å². The Morgan fingerprint density at radius 3 is 2.67 bits per heavy atom. The maximum atomic E-state index is 5.83. The van der Waals surface area contributed by atoms with Gasteiger partial charge in [0.2, 0.25) is 0 Å². The van der Waals surface area contributed by atoms with E-state index in [9.17, 15) is 0 Å². The van der Waals surface area contributed by atoms with Crippen LogP contribution in [0.3, 0.4) is 0 Å². The average Bonchev–Trinajstić information content (AvgIpc) is 2.18. The second kappa shape index (κ2) is 4.69. The molecule has 0 aliphatic carbocycles. The number of hydrogen-bond acceptors (Lipinski definition) is 2. The number of hydrogen-bond donors (Lipinski definition) is 1. The molecule has 0 saturated heterocycles. The first kappa shape index (κ1) is 11.4. The minimum atomic E-state index is 0.657. The van der Waals surface area contributed by atoms with Crippen molar-refractivity contribution in [2.75, 3.05) is 12.8 Å². The minimum Gasteiger partial charge on any atom is -0.495 e. The van der Waals surface area contributed by atoms with Gasteiger partial charge in [-0.1, -0.05) is 24.3 Å². The standard InChI is InChI=1S/C13H17NO/c1-9(2)5-6-11-8-12(14)13(15-4)7-10(11)3/h5-8H,1,14H2,2-4H3/b6-5-. The molecule has 2 N–H and O–H groups in total. The number of allylic oxidation sites excluding steroid dienone is 2. The molecule has 2 heteroatoms. The van der Waals surface area contributed by atoms with Crippen LogP contribution < -0.4 is 10.5 Å². The van der Waals surface area contributed by atoms with Crippen molar-refractivity contribution in [1.29, 1.82) is 0 Å². The van der Waals surface area contributed by atoms with Crippen molar-refractivity contribution in [1.82, 2.24) is 0 Å². The molecule has 0 saturated carbocycles. The smallest absolute Gasteiger partial charge is 0.142 e. The first-order chi connectivity index (χ1) is 7.04. The number of ether oxygens (including phenoxy) is 1. The molecule has 0 heterocycles. The highest BCUT2D eigenvalue weighted by Gasteiger charge is 2.02. The van der Waals surface area contributed by atoms with Gasteiger partial charge in [0.25, 0.3) is 0 Å². The molecule has 0 radical (unpaired) electrons. The van der Waals surface area contributed by atoms with E-state index in [-0.39, 0.29) is 0 Å². The maximum absolute atomic E-state index is 5.83. The summed E-state index contributed by atoms with van der Waals surface area (Å²) in [5.41, 5.74) is 9.73. The molecular weight excluding hydrogens is 186 g/mol. The predicted octanol–water partition coefficient (Wildman–Crippen LogP) is 3.18. The zero-order valence-corrected chi connectivity index (χ0v) is 9.50. The van der Waals surface area contributed by atoms with E-state index in [2.05, 4.69) is 6.58 Å². The summed E-state index contributed by atoms with van der Waals surface area (Å²) in [4.78, 5) is 0. The van der Waals surface area contributed by atoms with Crippen molar-refractivity contribution in [3.63, 3.8) is 0 Å². The second-order valence-electron chi connectivity index (χ2n) is 3.63. The van der Waals surface area contributed by atoms with Crippen LogP contribution in [0.5, 0.6) is 5.75 Å². The molecule has 0 aliphatic rings. The summed E-state index contributed by atoms with van der Waals surface area (Å²) in [6, 6.07) is 3.85. The molecule has 80 valence electrons. The van der Waals surface area contributed by atoms with E-state index >= 15 is 0 Å². The zero-order valence-electron chi connectivity index (χ0n) is 9.50. The number of nitrogens with two attached hydrogens (primary N) is 1. The number of aryl methyl sites for hydroxylation is 1. The molecule has 0 bridgehead atoms. The zero-order chi connectivity index (χ0) is 11.4. The van der Waals surface area contributed by atoms with Gasteiger partial charge in [-0.25, -0.2) is 0 Å².